The van der Waals surface area contributed by atoms with Crippen LogP contribution in [0.3, 0.4) is 0 Å². The van der Waals surface area contributed by atoms with Gasteiger partial charge in [0.1, 0.15) is 12.4 Å². The van der Waals surface area contributed by atoms with Crippen molar-refractivity contribution in [3.05, 3.63) is 16.8 Å². The first-order valence-corrected chi connectivity index (χ1v) is 6.18. The lowest BCUT2D eigenvalue weighted by atomic mass is 10.6. The van der Waals surface area contributed by atoms with Crippen LogP contribution in [0.15, 0.2) is 16.8 Å². The van der Waals surface area contributed by atoms with Crippen LogP contribution in [0.25, 0.3) is 0 Å². The molecule has 0 aliphatic heterocycles. The minimum Gasteiger partial charge on any atom is -0.490 e. The van der Waals surface area contributed by atoms with Gasteiger partial charge in [-0.25, -0.2) is 0 Å². The number of hydrogen-bond acceptors (Lipinski definition) is 5. The monoisotopic (exact) mass is 246 g/mol. The molecule has 1 aromatic heterocycles. The molecule has 0 saturated carbocycles. The molecule has 16 heavy (non-hydrogen) atoms. The Bertz CT molecular complexity index is 250. The zero-order chi connectivity index (χ0) is 11.6. The van der Waals surface area contributed by atoms with Gasteiger partial charge in [0.15, 0.2) is 6.29 Å². The molecule has 0 bridgehead atoms. The van der Waals surface area contributed by atoms with Gasteiger partial charge in [-0.05, 0) is 18.4 Å². The van der Waals surface area contributed by atoms with Gasteiger partial charge in [0.05, 0.1) is 13.2 Å². The average Bonchev–Trinajstić information content (AvgIpc) is 2.80. The van der Waals surface area contributed by atoms with E-state index in [-0.39, 0.29) is 6.29 Å². The first-order valence-electron chi connectivity index (χ1n) is 5.24. The van der Waals surface area contributed by atoms with Crippen LogP contribution in [0.2, 0.25) is 0 Å². The van der Waals surface area contributed by atoms with Crippen molar-refractivity contribution >= 4 is 11.3 Å². The summed E-state index contributed by atoms with van der Waals surface area (Å²) in [5.74, 6) is 0.890. The zero-order valence-corrected chi connectivity index (χ0v) is 10.5. The molecule has 0 radical (unpaired) electrons. The molecule has 5 heteroatoms. The number of methoxy groups -OCH3 is 1. The fourth-order valence-electron chi connectivity index (χ4n) is 1.10. The lowest BCUT2D eigenvalue weighted by Gasteiger charge is -2.15. The molecule has 0 amide bonds. The second kappa shape index (κ2) is 8.52. The van der Waals surface area contributed by atoms with E-state index < -0.39 is 0 Å². The van der Waals surface area contributed by atoms with Gasteiger partial charge in [-0.15, -0.1) is 11.3 Å². The highest BCUT2D eigenvalue weighted by Crippen LogP contribution is 2.14. The van der Waals surface area contributed by atoms with Crippen molar-refractivity contribution < 1.29 is 18.9 Å². The van der Waals surface area contributed by atoms with Crippen molar-refractivity contribution in [1.82, 2.24) is 0 Å². The van der Waals surface area contributed by atoms with E-state index in [1.54, 1.807) is 18.4 Å². The number of ether oxygens (including phenoxy) is 4. The van der Waals surface area contributed by atoms with Crippen molar-refractivity contribution in [2.45, 2.75) is 13.2 Å². The van der Waals surface area contributed by atoms with Crippen molar-refractivity contribution in [2.24, 2.45) is 0 Å². The van der Waals surface area contributed by atoms with Crippen molar-refractivity contribution in [3.63, 3.8) is 0 Å². The van der Waals surface area contributed by atoms with Gasteiger partial charge in [0, 0.05) is 19.1 Å². The van der Waals surface area contributed by atoms with E-state index >= 15 is 0 Å². The van der Waals surface area contributed by atoms with Crippen LogP contribution in [0.1, 0.15) is 6.92 Å². The SMILES string of the molecule is CCOC(COCCOc1ccsc1)OC. The fourth-order valence-corrected chi connectivity index (χ4v) is 1.67. The lowest BCUT2D eigenvalue weighted by molar-refractivity contribution is -0.155. The number of thiophene rings is 1. The predicted molar refractivity (Wildman–Crippen MR) is 63.1 cm³/mol. The smallest absolute Gasteiger partial charge is 0.180 e. The van der Waals surface area contributed by atoms with Crippen LogP contribution in [0.4, 0.5) is 0 Å². The molecule has 0 N–H and O–H groups in total. The Kier molecular flexibility index (Phi) is 7.16. The molecular formula is C11H18O4S. The third-order valence-electron chi connectivity index (χ3n) is 1.86. The number of hydrogen-bond donors (Lipinski definition) is 0. The molecule has 1 atom stereocenters. The summed E-state index contributed by atoms with van der Waals surface area (Å²) in [7, 11) is 1.60. The molecule has 1 heterocycles. The standard InChI is InChI=1S/C11H18O4S/c1-3-14-11(12-2)8-13-5-6-15-10-4-7-16-9-10/h4,7,9,11H,3,5-6,8H2,1-2H3. The summed E-state index contributed by atoms with van der Waals surface area (Å²) in [6.07, 6.45) is -0.286. The molecule has 0 aromatic carbocycles. The van der Waals surface area contributed by atoms with Gasteiger partial charge >= 0.3 is 0 Å². The van der Waals surface area contributed by atoms with Gasteiger partial charge in [-0.1, -0.05) is 0 Å². The topological polar surface area (TPSA) is 36.9 Å². The normalized spacial score (nSPS) is 12.6. The Morgan fingerprint density at radius 3 is 2.88 bits per heavy atom. The van der Waals surface area contributed by atoms with Gasteiger partial charge in [-0.2, -0.15) is 0 Å². The van der Waals surface area contributed by atoms with E-state index in [2.05, 4.69) is 0 Å². The van der Waals surface area contributed by atoms with E-state index in [9.17, 15) is 0 Å². The maximum absolute atomic E-state index is 5.43. The summed E-state index contributed by atoms with van der Waals surface area (Å²) < 4.78 is 21.1. The molecule has 4 nitrogen and oxygen atoms in total. The quantitative estimate of drug-likeness (QED) is 0.494. The molecule has 1 rings (SSSR count). The van der Waals surface area contributed by atoms with Gasteiger partial charge in [-0.3, -0.25) is 0 Å². The highest BCUT2D eigenvalue weighted by atomic mass is 32.1. The van der Waals surface area contributed by atoms with Gasteiger partial charge in [0.25, 0.3) is 0 Å². The predicted octanol–water partition coefficient (Wildman–Crippen LogP) is 2.15. The maximum Gasteiger partial charge on any atom is 0.180 e. The summed E-state index contributed by atoms with van der Waals surface area (Å²) in [5, 5.41) is 3.93. The Morgan fingerprint density at radius 2 is 2.25 bits per heavy atom. The second-order valence-electron chi connectivity index (χ2n) is 3.00. The molecule has 1 unspecified atom stereocenters. The first-order chi connectivity index (χ1) is 7.86. The van der Waals surface area contributed by atoms with Crippen LogP contribution >= 0.6 is 11.3 Å². The Morgan fingerprint density at radius 1 is 1.38 bits per heavy atom. The summed E-state index contributed by atoms with van der Waals surface area (Å²) in [4.78, 5) is 0. The summed E-state index contributed by atoms with van der Waals surface area (Å²) in [6.45, 7) is 4.04. The Balaban J connectivity index is 1.98. The summed E-state index contributed by atoms with van der Waals surface area (Å²) in [6, 6.07) is 1.93. The molecule has 0 aliphatic carbocycles. The molecule has 0 saturated heterocycles. The van der Waals surface area contributed by atoms with Gasteiger partial charge in [0.2, 0.25) is 0 Å². The Labute approximate surface area is 100 Å². The molecule has 0 aliphatic rings. The zero-order valence-electron chi connectivity index (χ0n) is 9.68. The van der Waals surface area contributed by atoms with E-state index in [1.165, 1.54) is 0 Å². The third-order valence-corrected chi connectivity index (χ3v) is 2.52. The highest BCUT2D eigenvalue weighted by molar-refractivity contribution is 7.08. The summed E-state index contributed by atoms with van der Waals surface area (Å²) >= 11 is 1.61. The van der Waals surface area contributed by atoms with Crippen molar-refractivity contribution in [2.75, 3.05) is 33.5 Å². The van der Waals surface area contributed by atoms with Crippen LogP contribution < -0.4 is 4.74 Å². The first kappa shape index (κ1) is 13.4. The summed E-state index contributed by atoms with van der Waals surface area (Å²) in [5.41, 5.74) is 0. The third kappa shape index (κ3) is 5.46. The van der Waals surface area contributed by atoms with E-state index in [0.29, 0.717) is 26.4 Å². The maximum atomic E-state index is 5.43. The molecule has 1 aromatic rings. The van der Waals surface area contributed by atoms with E-state index in [4.69, 9.17) is 18.9 Å². The largest absolute Gasteiger partial charge is 0.490 e. The van der Waals surface area contributed by atoms with Crippen LogP contribution in [0.5, 0.6) is 5.75 Å². The van der Waals surface area contributed by atoms with Crippen LogP contribution in [0, 0.1) is 0 Å². The van der Waals surface area contributed by atoms with Crippen LogP contribution in [-0.4, -0.2) is 39.8 Å². The number of rotatable bonds is 9. The molecule has 92 valence electrons. The highest BCUT2D eigenvalue weighted by Gasteiger charge is 2.05. The molecule has 0 fully saturated rings. The Hall–Kier alpha value is -0.620. The van der Waals surface area contributed by atoms with E-state index in [1.807, 2.05) is 23.8 Å². The van der Waals surface area contributed by atoms with E-state index in [0.717, 1.165) is 5.75 Å². The lowest BCUT2D eigenvalue weighted by Crippen LogP contribution is -2.23. The van der Waals surface area contributed by atoms with Crippen molar-refractivity contribution in [3.8, 4) is 5.75 Å². The second-order valence-corrected chi connectivity index (χ2v) is 3.78. The molecule has 0 spiro atoms. The van der Waals surface area contributed by atoms with Gasteiger partial charge < -0.3 is 18.9 Å². The minimum atomic E-state index is -0.286. The molecular weight excluding hydrogens is 228 g/mol. The van der Waals surface area contributed by atoms with Crippen molar-refractivity contribution in [1.29, 1.82) is 0 Å². The minimum absolute atomic E-state index is 0.286. The van der Waals surface area contributed by atoms with Crippen LogP contribution in [-0.2, 0) is 14.2 Å². The fraction of sp³-hybridized carbons (Fsp3) is 0.636. The average molecular weight is 246 g/mol.